The summed E-state index contributed by atoms with van der Waals surface area (Å²) in [6.45, 7) is 8.28. The van der Waals surface area contributed by atoms with Crippen molar-refractivity contribution in [1.82, 2.24) is 0 Å². The first-order valence-corrected chi connectivity index (χ1v) is 8.84. The second-order valence-electron chi connectivity index (χ2n) is 7.10. The van der Waals surface area contributed by atoms with E-state index >= 15 is 0 Å². The smallest absolute Gasteiger partial charge is 0.338 e. The average Bonchev–Trinajstić information content (AvgIpc) is 2.96. The van der Waals surface area contributed by atoms with Crippen molar-refractivity contribution in [3.05, 3.63) is 35.4 Å². The summed E-state index contributed by atoms with van der Waals surface area (Å²) < 4.78 is 11.3. The number of hydrogen-bond donors (Lipinski definition) is 0. The van der Waals surface area contributed by atoms with Crippen LogP contribution in [0.2, 0.25) is 0 Å². The number of aryl methyl sites for hydroxylation is 1. The largest absolute Gasteiger partial charge is 0.465 e. The SMILES string of the molecule is CCC1(C(=O)OCC(C)C)CCCC1OC(=O)c1ccccc1C. The Morgan fingerprint density at radius 1 is 1.29 bits per heavy atom. The maximum Gasteiger partial charge on any atom is 0.338 e. The third kappa shape index (κ3) is 3.80. The van der Waals surface area contributed by atoms with Gasteiger partial charge in [0.2, 0.25) is 0 Å². The minimum Gasteiger partial charge on any atom is -0.465 e. The number of carbonyl (C=O) groups is 2. The van der Waals surface area contributed by atoms with Gasteiger partial charge in [-0.2, -0.15) is 0 Å². The summed E-state index contributed by atoms with van der Waals surface area (Å²) in [5.41, 5.74) is 0.739. The summed E-state index contributed by atoms with van der Waals surface area (Å²) >= 11 is 0. The first kappa shape index (κ1) is 18.5. The normalized spacial score (nSPS) is 23.3. The molecule has 4 nitrogen and oxygen atoms in total. The molecule has 1 aliphatic rings. The number of benzene rings is 1. The van der Waals surface area contributed by atoms with E-state index in [0.29, 0.717) is 31.4 Å². The molecule has 2 atom stereocenters. The van der Waals surface area contributed by atoms with Crippen LogP contribution in [-0.2, 0) is 14.3 Å². The van der Waals surface area contributed by atoms with E-state index in [1.54, 1.807) is 6.07 Å². The number of esters is 2. The van der Waals surface area contributed by atoms with Gasteiger partial charge in [0.05, 0.1) is 12.2 Å². The fourth-order valence-corrected chi connectivity index (χ4v) is 3.37. The Bertz CT molecular complexity index is 593. The molecule has 24 heavy (non-hydrogen) atoms. The standard InChI is InChI=1S/C20H28O4/c1-5-20(19(22)23-13-14(2)3)12-8-11-17(20)24-18(21)16-10-7-6-9-15(16)4/h6-7,9-10,14,17H,5,8,11-13H2,1-4H3. The fourth-order valence-electron chi connectivity index (χ4n) is 3.37. The van der Waals surface area contributed by atoms with Gasteiger partial charge in [-0.25, -0.2) is 4.79 Å². The molecule has 1 aromatic carbocycles. The van der Waals surface area contributed by atoms with Gasteiger partial charge in [-0.3, -0.25) is 4.79 Å². The molecule has 0 bridgehead atoms. The Kier molecular flexibility index (Phi) is 6.03. The molecule has 4 heteroatoms. The highest BCUT2D eigenvalue weighted by Gasteiger charge is 2.51. The van der Waals surface area contributed by atoms with Crippen LogP contribution in [0.1, 0.15) is 62.4 Å². The first-order valence-electron chi connectivity index (χ1n) is 8.84. The second-order valence-corrected chi connectivity index (χ2v) is 7.10. The summed E-state index contributed by atoms with van der Waals surface area (Å²) in [6.07, 6.45) is 2.51. The zero-order valence-corrected chi connectivity index (χ0v) is 15.1. The van der Waals surface area contributed by atoms with Crippen LogP contribution in [0.4, 0.5) is 0 Å². The third-order valence-corrected chi connectivity index (χ3v) is 4.90. The van der Waals surface area contributed by atoms with Gasteiger partial charge in [0.25, 0.3) is 0 Å². The van der Waals surface area contributed by atoms with Gasteiger partial charge in [0.1, 0.15) is 11.5 Å². The van der Waals surface area contributed by atoms with Gasteiger partial charge >= 0.3 is 11.9 Å². The van der Waals surface area contributed by atoms with Crippen LogP contribution in [0.25, 0.3) is 0 Å². The van der Waals surface area contributed by atoms with E-state index in [4.69, 9.17) is 9.47 Å². The van der Waals surface area contributed by atoms with E-state index in [9.17, 15) is 9.59 Å². The molecule has 0 amide bonds. The van der Waals surface area contributed by atoms with Crippen LogP contribution in [0.5, 0.6) is 0 Å². The van der Waals surface area contributed by atoms with Crippen LogP contribution < -0.4 is 0 Å². The van der Waals surface area contributed by atoms with Gasteiger partial charge in [-0.1, -0.05) is 39.0 Å². The van der Waals surface area contributed by atoms with Crippen molar-refractivity contribution in [2.24, 2.45) is 11.3 Å². The van der Waals surface area contributed by atoms with E-state index in [1.807, 2.05) is 45.9 Å². The van der Waals surface area contributed by atoms with Crippen molar-refractivity contribution in [2.45, 2.75) is 59.5 Å². The lowest BCUT2D eigenvalue weighted by Gasteiger charge is -2.32. The number of hydrogen-bond acceptors (Lipinski definition) is 4. The number of rotatable bonds is 6. The summed E-state index contributed by atoms with van der Waals surface area (Å²) in [5, 5.41) is 0. The van der Waals surface area contributed by atoms with Crippen molar-refractivity contribution < 1.29 is 19.1 Å². The maximum absolute atomic E-state index is 12.7. The molecular weight excluding hydrogens is 304 g/mol. The molecule has 0 saturated heterocycles. The molecule has 132 valence electrons. The molecule has 1 saturated carbocycles. The van der Waals surface area contributed by atoms with Crippen LogP contribution in [0.15, 0.2) is 24.3 Å². The predicted molar refractivity (Wildman–Crippen MR) is 92.8 cm³/mol. The Morgan fingerprint density at radius 2 is 2.00 bits per heavy atom. The van der Waals surface area contributed by atoms with E-state index < -0.39 is 11.5 Å². The molecule has 0 aliphatic heterocycles. The number of ether oxygens (including phenoxy) is 2. The van der Waals surface area contributed by atoms with E-state index in [0.717, 1.165) is 12.0 Å². The van der Waals surface area contributed by atoms with E-state index in [-0.39, 0.29) is 17.9 Å². The second kappa shape index (κ2) is 7.82. The van der Waals surface area contributed by atoms with Crippen molar-refractivity contribution in [3.63, 3.8) is 0 Å². The van der Waals surface area contributed by atoms with Crippen molar-refractivity contribution in [2.75, 3.05) is 6.61 Å². The van der Waals surface area contributed by atoms with Crippen molar-refractivity contribution >= 4 is 11.9 Å². The molecule has 1 aromatic rings. The molecular formula is C20H28O4. The number of carbonyl (C=O) groups excluding carboxylic acids is 2. The van der Waals surface area contributed by atoms with Gasteiger partial charge in [-0.05, 0) is 50.2 Å². The summed E-state index contributed by atoms with van der Waals surface area (Å²) in [7, 11) is 0. The minimum atomic E-state index is -0.701. The van der Waals surface area contributed by atoms with Gasteiger partial charge < -0.3 is 9.47 Å². The molecule has 0 spiro atoms. The molecule has 0 N–H and O–H groups in total. The molecule has 2 rings (SSSR count). The zero-order valence-electron chi connectivity index (χ0n) is 15.1. The Balaban J connectivity index is 2.14. The quantitative estimate of drug-likeness (QED) is 0.729. The molecule has 1 aliphatic carbocycles. The summed E-state index contributed by atoms with van der Waals surface area (Å²) in [5.74, 6) is -0.287. The van der Waals surface area contributed by atoms with E-state index in [1.165, 1.54) is 0 Å². The molecule has 1 fully saturated rings. The third-order valence-electron chi connectivity index (χ3n) is 4.90. The lowest BCUT2D eigenvalue weighted by molar-refractivity contribution is -0.163. The van der Waals surface area contributed by atoms with Crippen LogP contribution in [0, 0.1) is 18.3 Å². The summed E-state index contributed by atoms with van der Waals surface area (Å²) in [4.78, 5) is 25.2. The van der Waals surface area contributed by atoms with Gasteiger partial charge in [0, 0.05) is 0 Å². The Labute approximate surface area is 144 Å². The van der Waals surface area contributed by atoms with Crippen molar-refractivity contribution in [3.8, 4) is 0 Å². The molecule has 2 unspecified atom stereocenters. The average molecular weight is 332 g/mol. The Morgan fingerprint density at radius 3 is 2.62 bits per heavy atom. The van der Waals surface area contributed by atoms with Crippen LogP contribution in [0.3, 0.4) is 0 Å². The highest BCUT2D eigenvalue weighted by Crippen LogP contribution is 2.44. The summed E-state index contributed by atoms with van der Waals surface area (Å²) in [6, 6.07) is 7.36. The highest BCUT2D eigenvalue weighted by atomic mass is 16.6. The molecule has 0 radical (unpaired) electrons. The predicted octanol–water partition coefficient (Wildman–Crippen LogP) is 4.30. The topological polar surface area (TPSA) is 52.6 Å². The minimum absolute atomic E-state index is 0.223. The Hall–Kier alpha value is -1.84. The van der Waals surface area contributed by atoms with Crippen LogP contribution >= 0.6 is 0 Å². The zero-order chi connectivity index (χ0) is 17.7. The van der Waals surface area contributed by atoms with Gasteiger partial charge in [0.15, 0.2) is 0 Å². The molecule has 0 aromatic heterocycles. The highest BCUT2D eigenvalue weighted by molar-refractivity contribution is 5.91. The first-order chi connectivity index (χ1) is 11.4. The van der Waals surface area contributed by atoms with E-state index in [2.05, 4.69) is 0 Å². The fraction of sp³-hybridized carbons (Fsp3) is 0.600. The van der Waals surface area contributed by atoms with Crippen LogP contribution in [-0.4, -0.2) is 24.6 Å². The lowest BCUT2D eigenvalue weighted by Crippen LogP contribution is -2.42. The lowest BCUT2D eigenvalue weighted by atomic mass is 9.81. The van der Waals surface area contributed by atoms with Crippen molar-refractivity contribution in [1.29, 1.82) is 0 Å². The molecule has 0 heterocycles. The van der Waals surface area contributed by atoms with Gasteiger partial charge in [-0.15, -0.1) is 0 Å². The monoisotopic (exact) mass is 332 g/mol. The maximum atomic E-state index is 12.7.